The predicted octanol–water partition coefficient (Wildman–Crippen LogP) is 3.24. The molecule has 0 bridgehead atoms. The molecule has 0 amide bonds. The van der Waals surface area contributed by atoms with Crippen molar-refractivity contribution in [2.24, 2.45) is 17.8 Å². The van der Waals surface area contributed by atoms with Gasteiger partial charge in [-0.05, 0) is 24.1 Å². The molecule has 1 saturated carbocycles. The number of hydrogen-bond acceptors (Lipinski definition) is 3. The van der Waals surface area contributed by atoms with Crippen LogP contribution in [0.25, 0.3) is 11.0 Å². The van der Waals surface area contributed by atoms with Gasteiger partial charge in [-0.3, -0.25) is 9.59 Å². The van der Waals surface area contributed by atoms with Crippen LogP contribution in [0.4, 0.5) is 0 Å². The van der Waals surface area contributed by atoms with Crippen LogP contribution in [-0.4, -0.2) is 16.9 Å². The van der Waals surface area contributed by atoms with Gasteiger partial charge < -0.3 is 9.52 Å². The summed E-state index contributed by atoms with van der Waals surface area (Å²) in [6.07, 6.45) is 1.50. The molecule has 1 unspecified atom stereocenters. The molecule has 0 radical (unpaired) electrons. The first-order valence-electron chi connectivity index (χ1n) is 5.94. The van der Waals surface area contributed by atoms with Crippen molar-refractivity contribution in [1.29, 1.82) is 0 Å². The molecule has 98 valence electrons. The highest BCUT2D eigenvalue weighted by molar-refractivity contribution is 6.35. The van der Waals surface area contributed by atoms with Crippen LogP contribution in [0.15, 0.2) is 28.9 Å². The zero-order valence-electron chi connectivity index (χ0n) is 10.1. The van der Waals surface area contributed by atoms with Gasteiger partial charge in [-0.2, -0.15) is 0 Å². The molecule has 4 nitrogen and oxygen atoms in total. The molecule has 1 aromatic heterocycles. The maximum atomic E-state index is 12.3. The van der Waals surface area contributed by atoms with Crippen LogP contribution in [0, 0.1) is 17.8 Å². The second-order valence-electron chi connectivity index (χ2n) is 4.91. The largest absolute Gasteiger partial charge is 0.481 e. The van der Waals surface area contributed by atoms with Gasteiger partial charge in [-0.1, -0.05) is 18.5 Å². The van der Waals surface area contributed by atoms with Crippen LogP contribution in [0.1, 0.15) is 17.3 Å². The van der Waals surface area contributed by atoms with Gasteiger partial charge in [0.1, 0.15) is 0 Å². The second-order valence-corrected chi connectivity index (χ2v) is 5.32. The highest BCUT2D eigenvalue weighted by Crippen LogP contribution is 2.48. The fourth-order valence-corrected chi connectivity index (χ4v) is 2.89. The molecule has 1 heterocycles. The van der Waals surface area contributed by atoms with E-state index in [9.17, 15) is 9.59 Å². The Kier molecular flexibility index (Phi) is 2.64. The Morgan fingerprint density at radius 2 is 2.05 bits per heavy atom. The smallest absolute Gasteiger partial charge is 0.307 e. The van der Waals surface area contributed by atoms with E-state index in [-0.39, 0.29) is 11.7 Å². The van der Waals surface area contributed by atoms with Gasteiger partial charge in [0.05, 0.1) is 17.2 Å². The van der Waals surface area contributed by atoms with Crippen LogP contribution in [0.3, 0.4) is 0 Å². The number of hydrogen-bond donors (Lipinski definition) is 1. The van der Waals surface area contributed by atoms with Crippen LogP contribution < -0.4 is 0 Å². The minimum Gasteiger partial charge on any atom is -0.481 e. The molecule has 0 saturated heterocycles. The van der Waals surface area contributed by atoms with Gasteiger partial charge in [0.25, 0.3) is 0 Å². The molecule has 3 rings (SSSR count). The van der Waals surface area contributed by atoms with Crippen LogP contribution >= 0.6 is 11.6 Å². The summed E-state index contributed by atoms with van der Waals surface area (Å²) in [4.78, 5) is 23.3. The molecular formula is C14H11ClO4. The summed E-state index contributed by atoms with van der Waals surface area (Å²) in [6.45, 7) is 1.78. The maximum absolute atomic E-state index is 12.3. The summed E-state index contributed by atoms with van der Waals surface area (Å²) in [7, 11) is 0. The van der Waals surface area contributed by atoms with Crippen molar-refractivity contribution >= 4 is 34.3 Å². The standard InChI is InChI=1S/C14H11ClO4/c1-6-10(11(6)14(17)18)12(16)8-4-7-2-3-19-13(7)9(15)5-8/h2-6,10-11H,1H3,(H,17,18)/t6?,10-,11-/m0/s1. The van der Waals surface area contributed by atoms with Gasteiger partial charge in [-0.15, -0.1) is 0 Å². The van der Waals surface area contributed by atoms with E-state index >= 15 is 0 Å². The fourth-order valence-electron chi connectivity index (χ4n) is 2.62. The third-order valence-corrected chi connectivity index (χ3v) is 4.04. The summed E-state index contributed by atoms with van der Waals surface area (Å²) >= 11 is 6.05. The van der Waals surface area contributed by atoms with Crippen molar-refractivity contribution in [1.82, 2.24) is 0 Å². The number of carbonyl (C=O) groups excluding carboxylic acids is 1. The Morgan fingerprint density at radius 1 is 1.32 bits per heavy atom. The number of carboxylic acids is 1. The summed E-state index contributed by atoms with van der Waals surface area (Å²) < 4.78 is 5.20. The number of halogens is 1. The summed E-state index contributed by atoms with van der Waals surface area (Å²) in [6, 6.07) is 4.96. The van der Waals surface area contributed by atoms with E-state index < -0.39 is 17.8 Å². The molecule has 1 N–H and O–H groups in total. The van der Waals surface area contributed by atoms with Gasteiger partial charge >= 0.3 is 5.97 Å². The monoisotopic (exact) mass is 278 g/mol. The molecule has 0 spiro atoms. The first-order chi connectivity index (χ1) is 9.00. The quantitative estimate of drug-likeness (QED) is 0.875. The number of fused-ring (bicyclic) bond motifs is 1. The number of benzene rings is 1. The molecule has 1 aromatic carbocycles. The van der Waals surface area contributed by atoms with E-state index in [0.717, 1.165) is 5.39 Å². The highest BCUT2D eigenvalue weighted by Gasteiger charge is 2.56. The zero-order valence-corrected chi connectivity index (χ0v) is 10.8. The number of furan rings is 1. The van der Waals surface area contributed by atoms with Crippen molar-refractivity contribution in [3.63, 3.8) is 0 Å². The third kappa shape index (κ3) is 1.83. The van der Waals surface area contributed by atoms with Gasteiger partial charge in [0, 0.05) is 16.9 Å². The first-order valence-corrected chi connectivity index (χ1v) is 6.32. The molecule has 19 heavy (non-hydrogen) atoms. The Labute approximate surface area is 114 Å². The Balaban J connectivity index is 1.97. The topological polar surface area (TPSA) is 67.5 Å². The van der Waals surface area contributed by atoms with E-state index in [1.807, 2.05) is 0 Å². The number of ketones is 1. The lowest BCUT2D eigenvalue weighted by atomic mass is 10.0. The van der Waals surface area contributed by atoms with E-state index in [0.29, 0.717) is 16.2 Å². The minimum absolute atomic E-state index is 0.121. The molecular weight excluding hydrogens is 268 g/mol. The third-order valence-electron chi connectivity index (χ3n) is 3.76. The van der Waals surface area contributed by atoms with Crippen LogP contribution in [0.2, 0.25) is 5.02 Å². The number of aliphatic carboxylic acids is 1. The fraction of sp³-hybridized carbons (Fsp3) is 0.286. The maximum Gasteiger partial charge on any atom is 0.307 e. The summed E-state index contributed by atoms with van der Waals surface area (Å²) in [5.41, 5.74) is 0.983. The Morgan fingerprint density at radius 3 is 2.68 bits per heavy atom. The average molecular weight is 279 g/mol. The molecule has 1 aliphatic carbocycles. The van der Waals surface area contributed by atoms with E-state index in [2.05, 4.69) is 0 Å². The molecule has 5 heteroatoms. The van der Waals surface area contributed by atoms with Crippen molar-refractivity contribution in [3.05, 3.63) is 35.0 Å². The van der Waals surface area contributed by atoms with Crippen LogP contribution in [0.5, 0.6) is 0 Å². The number of carboxylic acid groups (broad SMARTS) is 1. The van der Waals surface area contributed by atoms with Gasteiger partial charge in [0.2, 0.25) is 0 Å². The zero-order chi connectivity index (χ0) is 13.7. The van der Waals surface area contributed by atoms with Crippen molar-refractivity contribution in [3.8, 4) is 0 Å². The lowest BCUT2D eigenvalue weighted by molar-refractivity contribution is -0.139. The van der Waals surface area contributed by atoms with Crippen molar-refractivity contribution in [2.45, 2.75) is 6.92 Å². The minimum atomic E-state index is -0.915. The van der Waals surface area contributed by atoms with E-state index in [4.69, 9.17) is 21.1 Å². The lowest BCUT2D eigenvalue weighted by Gasteiger charge is -2.01. The Hall–Kier alpha value is -1.81. The highest BCUT2D eigenvalue weighted by atomic mass is 35.5. The number of carbonyl (C=O) groups is 2. The molecule has 1 fully saturated rings. The summed E-state index contributed by atoms with van der Waals surface area (Å²) in [5, 5.41) is 10.1. The predicted molar refractivity (Wildman–Crippen MR) is 69.3 cm³/mol. The average Bonchev–Trinajstić information content (AvgIpc) is 2.82. The first kappa shape index (κ1) is 12.2. The number of rotatable bonds is 3. The molecule has 3 atom stereocenters. The van der Waals surface area contributed by atoms with E-state index in [1.165, 1.54) is 6.26 Å². The van der Waals surface area contributed by atoms with Crippen molar-refractivity contribution < 1.29 is 19.1 Å². The van der Waals surface area contributed by atoms with Crippen LogP contribution in [-0.2, 0) is 4.79 Å². The summed E-state index contributed by atoms with van der Waals surface area (Å²) in [5.74, 6) is -2.22. The number of Topliss-reactive ketones (excluding diaryl/α,β-unsaturated/α-hetero) is 1. The normalized spacial score (nSPS) is 25.5. The SMILES string of the molecule is CC1[C@H](C(=O)O)[C@H]1C(=O)c1cc(Cl)c2occc2c1. The van der Waals surface area contributed by atoms with Crippen molar-refractivity contribution in [2.75, 3.05) is 0 Å². The lowest BCUT2D eigenvalue weighted by Crippen LogP contribution is -2.08. The van der Waals surface area contributed by atoms with Gasteiger partial charge in [-0.25, -0.2) is 0 Å². The van der Waals surface area contributed by atoms with Gasteiger partial charge in [0.15, 0.2) is 11.4 Å². The molecule has 1 aliphatic rings. The Bertz CT molecular complexity index is 688. The second kappa shape index (κ2) is 4.10. The molecule has 2 aromatic rings. The molecule has 0 aliphatic heterocycles. The van der Waals surface area contributed by atoms with E-state index in [1.54, 1.807) is 25.1 Å².